The van der Waals surface area contributed by atoms with Crippen LogP contribution in [-0.4, -0.2) is 29.9 Å². The summed E-state index contributed by atoms with van der Waals surface area (Å²) < 4.78 is 69.8. The van der Waals surface area contributed by atoms with E-state index in [0.717, 1.165) is 39.7 Å². The zero-order chi connectivity index (χ0) is 51.7. The van der Waals surface area contributed by atoms with Gasteiger partial charge in [-0.1, -0.05) is 132 Å². The predicted octanol–water partition coefficient (Wildman–Crippen LogP) is 15.8. The molecule has 0 aliphatic rings. The molecule has 0 aliphatic carbocycles. The Kier molecular flexibility index (Phi) is 17.3. The summed E-state index contributed by atoms with van der Waals surface area (Å²) in [5.74, 6) is -8.64. The fourth-order valence-electron chi connectivity index (χ4n) is 7.43. The van der Waals surface area contributed by atoms with Gasteiger partial charge in [0.2, 0.25) is 0 Å². The van der Waals surface area contributed by atoms with Gasteiger partial charge in [0.25, 0.3) is 0 Å². The summed E-state index contributed by atoms with van der Waals surface area (Å²) in [5, 5.41) is 0. The minimum Gasteiger partial charge on any atom is -0.305 e. The number of nitrogens with zero attached hydrogens (tertiary/aromatic N) is 6. The van der Waals surface area contributed by atoms with Gasteiger partial charge in [0.15, 0.2) is 46.6 Å². The van der Waals surface area contributed by atoms with Gasteiger partial charge in [-0.05, 0) is 51.2 Å². The maximum atomic E-state index is 14.4. The first-order valence-corrected chi connectivity index (χ1v) is 23.3. The average molecular weight is 1160 g/mol. The molecule has 370 valence electrons. The third-order valence-electron chi connectivity index (χ3n) is 11.6. The van der Waals surface area contributed by atoms with Crippen molar-refractivity contribution >= 4 is 0 Å². The third kappa shape index (κ3) is 13.0. The molecule has 0 fully saturated rings. The van der Waals surface area contributed by atoms with Gasteiger partial charge < -0.3 is 15.0 Å². The molecule has 6 nitrogen and oxygen atoms in total. The van der Waals surface area contributed by atoms with Crippen LogP contribution in [0.1, 0.15) is 52.7 Å². The molecule has 0 unspecified atom stereocenters. The molecular formula is C62H48F5IrN6. The largest absolute Gasteiger partial charge is 3.00 e. The number of hydrogen-bond acceptors (Lipinski definition) is 6. The quantitative estimate of drug-likeness (QED) is 0.0685. The summed E-state index contributed by atoms with van der Waals surface area (Å²) in [4.78, 5) is 27.4. The Hall–Kier alpha value is -7.92. The molecule has 0 bridgehead atoms. The van der Waals surface area contributed by atoms with Crippen LogP contribution in [0.2, 0.25) is 0 Å². The van der Waals surface area contributed by atoms with Crippen molar-refractivity contribution < 1.29 is 42.1 Å². The van der Waals surface area contributed by atoms with Gasteiger partial charge >= 0.3 is 20.1 Å². The number of pyridine rings is 3. The molecule has 12 heteroatoms. The van der Waals surface area contributed by atoms with Gasteiger partial charge in [0.05, 0.1) is 0 Å². The molecule has 0 spiro atoms. The molecule has 4 heterocycles. The zero-order valence-electron chi connectivity index (χ0n) is 41.2. The molecule has 0 amide bonds. The Labute approximate surface area is 442 Å². The zero-order valence-corrected chi connectivity index (χ0v) is 43.6. The van der Waals surface area contributed by atoms with Crippen LogP contribution in [0.5, 0.6) is 0 Å². The van der Waals surface area contributed by atoms with Crippen LogP contribution >= 0.6 is 0 Å². The summed E-state index contributed by atoms with van der Waals surface area (Å²) in [6.07, 6.45) is 5.17. The van der Waals surface area contributed by atoms with Gasteiger partial charge in [-0.15, -0.1) is 102 Å². The second-order valence-electron chi connectivity index (χ2n) is 18.8. The van der Waals surface area contributed by atoms with Crippen molar-refractivity contribution in [2.45, 2.75) is 52.4 Å². The van der Waals surface area contributed by atoms with Gasteiger partial charge in [0.1, 0.15) is 0 Å². The average Bonchev–Trinajstić information content (AvgIpc) is 3.43. The number of aromatic nitrogens is 6. The van der Waals surface area contributed by atoms with E-state index in [2.05, 4.69) is 99.0 Å². The van der Waals surface area contributed by atoms with Crippen LogP contribution in [-0.2, 0) is 30.9 Å². The third-order valence-corrected chi connectivity index (χ3v) is 11.6. The van der Waals surface area contributed by atoms with Crippen LogP contribution in [0.3, 0.4) is 0 Å². The molecule has 74 heavy (non-hydrogen) atoms. The molecule has 0 saturated heterocycles. The van der Waals surface area contributed by atoms with Crippen molar-refractivity contribution in [2.75, 3.05) is 0 Å². The molecular weight excluding hydrogens is 1120 g/mol. The Morgan fingerprint density at radius 2 is 0.757 bits per heavy atom. The minimum absolute atomic E-state index is 0. The van der Waals surface area contributed by atoms with Gasteiger partial charge in [-0.2, -0.15) is 0 Å². The van der Waals surface area contributed by atoms with E-state index < -0.39 is 34.6 Å². The summed E-state index contributed by atoms with van der Waals surface area (Å²) in [7, 11) is 0. The monoisotopic (exact) mass is 1160 g/mol. The standard InChI is InChI=1S/C40H32F5N4.2C11H8N.Ir/c1-39(2,3)27-16-11-24(12-17-27)36-47-37(25-13-18-28(19-14-25)40(4,5)6)49-38(48-36)26-15-20-29(46-21-26)22-7-9-23(10-8-22)30-31(41)33(43)35(45)34(44)32(30)42;2*1-2-6-10(7-3-1)11-8-4-5-9-12-11;/h7,9-21H,1-6H3;2*1-6,8-9H;/q3*-1;+3. The summed E-state index contributed by atoms with van der Waals surface area (Å²) in [6, 6.07) is 60.1. The molecule has 4 aromatic heterocycles. The van der Waals surface area contributed by atoms with Crippen LogP contribution < -0.4 is 0 Å². The Bertz CT molecular complexity index is 3160. The van der Waals surface area contributed by atoms with E-state index in [4.69, 9.17) is 15.0 Å². The molecule has 0 radical (unpaired) electrons. The Balaban J connectivity index is 0.000000258. The molecule has 10 aromatic rings. The van der Waals surface area contributed by atoms with E-state index in [1.165, 1.54) is 23.3 Å². The van der Waals surface area contributed by atoms with Gasteiger partial charge in [-0.3, -0.25) is 0 Å². The van der Waals surface area contributed by atoms with E-state index in [1.807, 2.05) is 109 Å². The first-order chi connectivity index (χ1) is 35.0. The Morgan fingerprint density at radius 3 is 1.12 bits per heavy atom. The van der Waals surface area contributed by atoms with E-state index in [9.17, 15) is 22.0 Å². The summed E-state index contributed by atoms with van der Waals surface area (Å²) in [6.45, 7) is 12.9. The molecule has 0 atom stereocenters. The number of benzene rings is 6. The minimum atomic E-state index is -2.21. The number of rotatable bonds is 7. The fraction of sp³-hybridized carbons (Fsp3) is 0.129. The van der Waals surface area contributed by atoms with E-state index in [-0.39, 0.29) is 36.5 Å². The van der Waals surface area contributed by atoms with Crippen molar-refractivity contribution in [3.05, 3.63) is 241 Å². The first-order valence-electron chi connectivity index (χ1n) is 23.3. The van der Waals surface area contributed by atoms with E-state index in [0.29, 0.717) is 34.3 Å². The van der Waals surface area contributed by atoms with Crippen LogP contribution in [0.15, 0.2) is 182 Å². The topological polar surface area (TPSA) is 77.3 Å². The maximum absolute atomic E-state index is 14.4. The molecule has 0 N–H and O–H groups in total. The number of halogens is 5. The molecule has 0 aliphatic heterocycles. The van der Waals surface area contributed by atoms with Gasteiger partial charge in [0, 0.05) is 40.8 Å². The van der Waals surface area contributed by atoms with E-state index in [1.54, 1.807) is 30.7 Å². The fourth-order valence-corrected chi connectivity index (χ4v) is 7.43. The smallest absolute Gasteiger partial charge is 0.305 e. The number of hydrogen-bond donors (Lipinski definition) is 0. The molecule has 6 aromatic carbocycles. The molecule has 10 rings (SSSR count). The summed E-state index contributed by atoms with van der Waals surface area (Å²) in [5.41, 5.74) is 8.28. The second kappa shape index (κ2) is 23.7. The Morgan fingerprint density at radius 1 is 0.365 bits per heavy atom. The second-order valence-corrected chi connectivity index (χ2v) is 18.8. The van der Waals surface area contributed by atoms with Crippen molar-refractivity contribution in [2.24, 2.45) is 0 Å². The SMILES string of the molecule is CC(C)(C)c1ccc(-c2nc(-c3ccc(C(C)(C)C)cc3)nc(-c3ccc(-c4[c-]cc(-c5c(F)c(F)c(F)c(F)c5F)cc4)nc3)n2)cc1.[Ir+3].[c-]1ccccc1-c1ccccn1.[c-]1ccccc1-c1ccccn1. The van der Waals surface area contributed by atoms with Crippen molar-refractivity contribution in [1.82, 2.24) is 29.9 Å². The van der Waals surface area contributed by atoms with Gasteiger partial charge in [-0.25, -0.2) is 36.9 Å². The maximum Gasteiger partial charge on any atom is 3.00 e. The van der Waals surface area contributed by atoms with Crippen molar-refractivity contribution in [1.29, 1.82) is 0 Å². The van der Waals surface area contributed by atoms with Crippen LogP contribution in [0.4, 0.5) is 22.0 Å². The van der Waals surface area contributed by atoms with Crippen molar-refractivity contribution in [3.8, 4) is 79.1 Å². The van der Waals surface area contributed by atoms with Crippen LogP contribution in [0, 0.1) is 47.3 Å². The molecule has 0 saturated carbocycles. The van der Waals surface area contributed by atoms with E-state index >= 15 is 0 Å². The van der Waals surface area contributed by atoms with Crippen molar-refractivity contribution in [3.63, 3.8) is 0 Å². The predicted molar refractivity (Wildman–Crippen MR) is 278 cm³/mol. The summed E-state index contributed by atoms with van der Waals surface area (Å²) >= 11 is 0. The van der Waals surface area contributed by atoms with Crippen LogP contribution in [0.25, 0.3) is 79.1 Å². The first kappa shape index (κ1) is 53.9. The normalized spacial score (nSPS) is 11.1.